The fraction of sp³-hybridized carbons (Fsp3) is 0.188. The van der Waals surface area contributed by atoms with Crippen molar-refractivity contribution in [1.29, 1.82) is 0 Å². The smallest absolute Gasteiger partial charge is 0.437 e. The molecular formula is C16H16F3NO6S. The first-order valence-corrected chi connectivity index (χ1v) is 8.52. The number of methoxy groups -OCH3 is 2. The van der Waals surface area contributed by atoms with E-state index in [9.17, 15) is 21.6 Å². The molecule has 0 heterocycles. The molecule has 0 aliphatic rings. The minimum absolute atomic E-state index is 0.136. The van der Waals surface area contributed by atoms with E-state index < -0.39 is 22.0 Å². The summed E-state index contributed by atoms with van der Waals surface area (Å²) in [4.78, 5) is -0.136. The minimum atomic E-state index is -4.68. The third-order valence-electron chi connectivity index (χ3n) is 3.09. The van der Waals surface area contributed by atoms with E-state index in [0.717, 1.165) is 0 Å². The van der Waals surface area contributed by atoms with Crippen LogP contribution in [0.2, 0.25) is 0 Å². The van der Waals surface area contributed by atoms with Gasteiger partial charge in [0.15, 0.2) is 5.71 Å². The zero-order chi connectivity index (χ0) is 20.7. The monoisotopic (exact) mass is 407 g/mol. The molecule has 27 heavy (non-hydrogen) atoms. The molecule has 0 radical (unpaired) electrons. The lowest BCUT2D eigenvalue weighted by atomic mass is 10.1. The molecule has 0 unspecified atom stereocenters. The maximum Gasteiger partial charge on any atom is 0.437 e. The summed E-state index contributed by atoms with van der Waals surface area (Å²) < 4.78 is 76.1. The zero-order valence-electron chi connectivity index (χ0n) is 14.1. The van der Waals surface area contributed by atoms with Gasteiger partial charge in [-0.15, -0.1) is 0 Å². The predicted molar refractivity (Wildman–Crippen MR) is 90.2 cm³/mol. The molecule has 0 atom stereocenters. The molecule has 2 rings (SSSR count). The molecule has 0 amide bonds. The van der Waals surface area contributed by atoms with Crippen LogP contribution in [0.3, 0.4) is 0 Å². The Bertz CT molecular complexity index is 863. The summed E-state index contributed by atoms with van der Waals surface area (Å²) in [5.41, 5.74) is -1.55. The molecule has 0 spiro atoms. The number of oxime groups is 1. The van der Waals surface area contributed by atoms with E-state index in [0.29, 0.717) is 11.5 Å². The lowest BCUT2D eigenvalue weighted by molar-refractivity contribution is -0.0601. The van der Waals surface area contributed by atoms with Gasteiger partial charge >= 0.3 is 6.18 Å². The summed E-state index contributed by atoms with van der Waals surface area (Å²) >= 11 is 0. The average Bonchev–Trinajstić information content (AvgIpc) is 2.61. The maximum atomic E-state index is 12.3. The lowest BCUT2D eigenvalue weighted by Crippen LogP contribution is -2.23. The van der Waals surface area contributed by atoms with E-state index in [4.69, 9.17) is 19.2 Å². The van der Waals surface area contributed by atoms with Gasteiger partial charge in [0, 0.05) is 5.56 Å². The second-order valence-corrected chi connectivity index (χ2v) is 6.25. The molecule has 0 saturated carbocycles. The number of rotatable bonds is 4. The van der Waals surface area contributed by atoms with Crippen molar-refractivity contribution in [2.75, 3.05) is 14.2 Å². The Balaban J connectivity index is 0.000000277. The summed E-state index contributed by atoms with van der Waals surface area (Å²) in [6.45, 7) is 0. The number of benzene rings is 2. The molecule has 0 fully saturated rings. The molecule has 2 N–H and O–H groups in total. The van der Waals surface area contributed by atoms with Crippen LogP contribution in [-0.4, -0.2) is 44.3 Å². The molecule has 0 aliphatic carbocycles. The standard InChI is InChI=1S/C9H8F3NO2.C7H8O4S/c1-15-7-4-2-6(3-5-7)8(13-14)9(10,11)12;1-11-6-2-4-7(5-3-6)12(8,9)10/h2-5,14H,1H3;2-5H,1H3,(H,8,9,10). The summed E-state index contributed by atoms with van der Waals surface area (Å²) in [5, 5.41) is 10.5. The van der Waals surface area contributed by atoms with Crippen LogP contribution in [0.4, 0.5) is 13.2 Å². The number of hydrogen-bond acceptors (Lipinski definition) is 6. The van der Waals surface area contributed by atoms with Gasteiger partial charge in [0.2, 0.25) is 0 Å². The molecule has 0 saturated heterocycles. The van der Waals surface area contributed by atoms with Crippen molar-refractivity contribution in [1.82, 2.24) is 0 Å². The van der Waals surface area contributed by atoms with Crippen LogP contribution in [-0.2, 0) is 10.1 Å². The van der Waals surface area contributed by atoms with E-state index in [1.165, 1.54) is 62.8 Å². The lowest BCUT2D eigenvalue weighted by Gasteiger charge is -2.08. The van der Waals surface area contributed by atoms with Crippen LogP contribution in [0.25, 0.3) is 0 Å². The van der Waals surface area contributed by atoms with Gasteiger partial charge in [-0.3, -0.25) is 4.55 Å². The number of hydrogen-bond donors (Lipinski definition) is 2. The Kier molecular flexibility index (Phi) is 7.61. The molecular weight excluding hydrogens is 391 g/mol. The molecule has 148 valence electrons. The fourth-order valence-corrected chi connectivity index (χ4v) is 2.25. The number of nitrogens with zero attached hydrogens (tertiary/aromatic N) is 1. The summed E-state index contributed by atoms with van der Waals surface area (Å²) in [6.07, 6.45) is -4.68. The quantitative estimate of drug-likeness (QED) is 0.348. The third kappa shape index (κ3) is 6.79. The van der Waals surface area contributed by atoms with Crippen molar-refractivity contribution in [3.63, 3.8) is 0 Å². The first kappa shape index (κ1) is 22.3. The van der Waals surface area contributed by atoms with Crippen LogP contribution >= 0.6 is 0 Å². The van der Waals surface area contributed by atoms with Crippen molar-refractivity contribution >= 4 is 15.8 Å². The highest BCUT2D eigenvalue weighted by Crippen LogP contribution is 2.23. The van der Waals surface area contributed by atoms with Crippen molar-refractivity contribution < 1.29 is 40.8 Å². The topological polar surface area (TPSA) is 105 Å². The van der Waals surface area contributed by atoms with Crippen LogP contribution in [0.1, 0.15) is 5.56 Å². The Morgan fingerprint density at radius 2 is 1.33 bits per heavy atom. The van der Waals surface area contributed by atoms with E-state index >= 15 is 0 Å². The number of halogens is 3. The second-order valence-electron chi connectivity index (χ2n) is 4.83. The average molecular weight is 407 g/mol. The van der Waals surface area contributed by atoms with Gasteiger partial charge in [0.1, 0.15) is 11.5 Å². The maximum absolute atomic E-state index is 12.3. The molecule has 0 aromatic heterocycles. The van der Waals surface area contributed by atoms with Gasteiger partial charge in [0.25, 0.3) is 10.1 Å². The molecule has 0 aliphatic heterocycles. The van der Waals surface area contributed by atoms with Crippen molar-refractivity contribution in [3.05, 3.63) is 54.1 Å². The Morgan fingerprint density at radius 3 is 1.63 bits per heavy atom. The second kappa shape index (κ2) is 9.24. The first-order valence-electron chi connectivity index (χ1n) is 7.08. The summed E-state index contributed by atoms with van der Waals surface area (Å²) in [5.74, 6) is 0.973. The molecule has 11 heteroatoms. The molecule has 2 aromatic carbocycles. The SMILES string of the molecule is COc1ccc(C(=NO)C(F)(F)F)cc1.COc1ccc(S(=O)(=O)O)cc1. The van der Waals surface area contributed by atoms with E-state index in [2.05, 4.69) is 5.16 Å². The third-order valence-corrected chi connectivity index (χ3v) is 3.96. The minimum Gasteiger partial charge on any atom is -0.497 e. The van der Waals surface area contributed by atoms with Crippen LogP contribution in [0.5, 0.6) is 11.5 Å². The van der Waals surface area contributed by atoms with Crippen molar-refractivity contribution in [3.8, 4) is 11.5 Å². The van der Waals surface area contributed by atoms with E-state index in [1.54, 1.807) is 0 Å². The van der Waals surface area contributed by atoms with Crippen LogP contribution < -0.4 is 9.47 Å². The van der Waals surface area contributed by atoms with Gasteiger partial charge in [-0.25, -0.2) is 0 Å². The molecule has 2 aromatic rings. The highest BCUT2D eigenvalue weighted by atomic mass is 32.2. The van der Waals surface area contributed by atoms with E-state index in [-0.39, 0.29) is 10.5 Å². The Hall–Kier alpha value is -2.79. The van der Waals surface area contributed by atoms with Gasteiger partial charge in [-0.1, -0.05) is 5.16 Å². The van der Waals surface area contributed by atoms with Crippen molar-refractivity contribution in [2.24, 2.45) is 5.16 Å². The number of alkyl halides is 3. The van der Waals surface area contributed by atoms with E-state index in [1.807, 2.05) is 0 Å². The highest BCUT2D eigenvalue weighted by molar-refractivity contribution is 7.85. The fourth-order valence-electron chi connectivity index (χ4n) is 1.77. The van der Waals surface area contributed by atoms with Gasteiger partial charge in [-0.2, -0.15) is 21.6 Å². The Labute approximate surface area is 153 Å². The molecule has 7 nitrogen and oxygen atoms in total. The highest BCUT2D eigenvalue weighted by Gasteiger charge is 2.37. The van der Waals surface area contributed by atoms with Crippen molar-refractivity contribution in [2.45, 2.75) is 11.1 Å². The predicted octanol–water partition coefficient (Wildman–Crippen LogP) is 3.38. The van der Waals surface area contributed by atoms with Gasteiger partial charge in [-0.05, 0) is 48.5 Å². The number of ether oxygens (including phenoxy) is 2. The largest absolute Gasteiger partial charge is 0.497 e. The molecule has 0 bridgehead atoms. The summed E-state index contributed by atoms with van der Waals surface area (Å²) in [6, 6.07) is 10.5. The van der Waals surface area contributed by atoms with Crippen LogP contribution in [0, 0.1) is 0 Å². The van der Waals surface area contributed by atoms with Gasteiger partial charge < -0.3 is 14.7 Å². The van der Waals surface area contributed by atoms with Gasteiger partial charge in [0.05, 0.1) is 19.1 Å². The first-order chi connectivity index (χ1) is 12.5. The Morgan fingerprint density at radius 1 is 0.926 bits per heavy atom. The normalized spacial score (nSPS) is 12.0. The zero-order valence-corrected chi connectivity index (χ0v) is 15.0. The van der Waals surface area contributed by atoms with Crippen LogP contribution in [0.15, 0.2) is 58.6 Å². The summed E-state index contributed by atoms with van der Waals surface area (Å²) in [7, 11) is -1.21.